The summed E-state index contributed by atoms with van der Waals surface area (Å²) in [6.45, 7) is 9.29. The van der Waals surface area contributed by atoms with Crippen LogP contribution in [-0.2, 0) is 0 Å². The Morgan fingerprint density at radius 1 is 1.12 bits per heavy atom. The molecule has 17 heavy (non-hydrogen) atoms. The highest BCUT2D eigenvalue weighted by molar-refractivity contribution is 5.51. The van der Waals surface area contributed by atoms with E-state index in [0.29, 0.717) is 5.41 Å². The molecule has 2 aliphatic heterocycles. The van der Waals surface area contributed by atoms with Gasteiger partial charge in [0.2, 0.25) is 0 Å². The van der Waals surface area contributed by atoms with Crippen molar-refractivity contribution in [3.8, 4) is 0 Å². The van der Waals surface area contributed by atoms with Crippen molar-refractivity contribution in [2.75, 3.05) is 31.1 Å². The standard InChI is InChI=1S/C15H22N2/c1-12-6-13(2)8-14(7-12)17-5-3-4-15(11-17)9-16-10-15/h6-8,16H,3-5,9-11H2,1-2H3. The highest BCUT2D eigenvalue weighted by Gasteiger charge is 2.40. The van der Waals surface area contributed by atoms with Crippen LogP contribution in [0.1, 0.15) is 24.0 Å². The van der Waals surface area contributed by atoms with Gasteiger partial charge in [0.1, 0.15) is 0 Å². The highest BCUT2D eigenvalue weighted by atomic mass is 15.2. The van der Waals surface area contributed by atoms with E-state index < -0.39 is 0 Å². The Kier molecular flexibility index (Phi) is 2.62. The summed E-state index contributed by atoms with van der Waals surface area (Å²) in [5, 5.41) is 3.44. The molecule has 2 fully saturated rings. The van der Waals surface area contributed by atoms with E-state index in [2.05, 4.69) is 42.3 Å². The van der Waals surface area contributed by atoms with Gasteiger partial charge in [-0.2, -0.15) is 0 Å². The lowest BCUT2D eigenvalue weighted by atomic mass is 9.75. The highest BCUT2D eigenvalue weighted by Crippen LogP contribution is 2.35. The molecular formula is C15H22N2. The van der Waals surface area contributed by atoms with Crippen LogP contribution in [0.2, 0.25) is 0 Å². The molecule has 2 nitrogen and oxygen atoms in total. The van der Waals surface area contributed by atoms with Crippen LogP contribution in [0, 0.1) is 19.3 Å². The lowest BCUT2D eigenvalue weighted by molar-refractivity contribution is 0.138. The molecule has 0 aliphatic carbocycles. The molecule has 0 bridgehead atoms. The first-order chi connectivity index (χ1) is 8.17. The number of rotatable bonds is 1. The average Bonchev–Trinajstić information content (AvgIpc) is 2.26. The van der Waals surface area contributed by atoms with Crippen molar-refractivity contribution in [1.82, 2.24) is 5.32 Å². The Labute approximate surface area is 104 Å². The fourth-order valence-electron chi connectivity index (χ4n) is 3.33. The number of anilines is 1. The van der Waals surface area contributed by atoms with Crippen molar-refractivity contribution in [3.05, 3.63) is 29.3 Å². The van der Waals surface area contributed by atoms with Gasteiger partial charge < -0.3 is 10.2 Å². The number of aryl methyl sites for hydroxylation is 2. The van der Waals surface area contributed by atoms with Crippen molar-refractivity contribution >= 4 is 5.69 Å². The van der Waals surface area contributed by atoms with Gasteiger partial charge in [0, 0.05) is 37.3 Å². The maximum atomic E-state index is 3.44. The van der Waals surface area contributed by atoms with E-state index in [-0.39, 0.29) is 0 Å². The summed E-state index contributed by atoms with van der Waals surface area (Å²) in [6, 6.07) is 6.92. The number of hydrogen-bond acceptors (Lipinski definition) is 2. The zero-order valence-corrected chi connectivity index (χ0v) is 10.9. The number of hydrogen-bond donors (Lipinski definition) is 1. The minimum atomic E-state index is 0.579. The predicted molar refractivity (Wildman–Crippen MR) is 72.7 cm³/mol. The quantitative estimate of drug-likeness (QED) is 0.797. The van der Waals surface area contributed by atoms with Gasteiger partial charge in [0.25, 0.3) is 0 Å². The van der Waals surface area contributed by atoms with Crippen LogP contribution in [0.4, 0.5) is 5.69 Å². The van der Waals surface area contributed by atoms with Crippen molar-refractivity contribution in [1.29, 1.82) is 0 Å². The molecule has 92 valence electrons. The van der Waals surface area contributed by atoms with Gasteiger partial charge >= 0.3 is 0 Å². The van der Waals surface area contributed by atoms with E-state index in [0.717, 1.165) is 0 Å². The van der Waals surface area contributed by atoms with E-state index in [4.69, 9.17) is 0 Å². The van der Waals surface area contributed by atoms with Gasteiger partial charge in [0.05, 0.1) is 0 Å². The van der Waals surface area contributed by atoms with Crippen molar-refractivity contribution in [2.24, 2.45) is 5.41 Å². The van der Waals surface area contributed by atoms with Gasteiger partial charge in [-0.05, 0) is 49.9 Å². The summed E-state index contributed by atoms with van der Waals surface area (Å²) in [6.07, 6.45) is 2.75. The second-order valence-corrected chi connectivity index (χ2v) is 5.97. The number of nitrogens with one attached hydrogen (secondary N) is 1. The molecule has 1 spiro atoms. The van der Waals surface area contributed by atoms with Crippen LogP contribution in [0.5, 0.6) is 0 Å². The molecule has 0 atom stereocenters. The SMILES string of the molecule is Cc1cc(C)cc(N2CCCC3(CNC3)C2)c1. The Morgan fingerprint density at radius 2 is 1.82 bits per heavy atom. The molecule has 3 rings (SSSR count). The van der Waals surface area contributed by atoms with E-state index in [1.54, 1.807) is 0 Å². The molecule has 2 heterocycles. The third kappa shape index (κ3) is 2.06. The number of nitrogens with zero attached hydrogens (tertiary/aromatic N) is 1. The molecular weight excluding hydrogens is 208 g/mol. The Morgan fingerprint density at radius 3 is 2.41 bits per heavy atom. The van der Waals surface area contributed by atoms with Crippen LogP contribution in [-0.4, -0.2) is 26.2 Å². The summed E-state index contributed by atoms with van der Waals surface area (Å²) >= 11 is 0. The van der Waals surface area contributed by atoms with E-state index in [1.165, 1.54) is 55.8 Å². The molecule has 1 aromatic carbocycles. The fraction of sp³-hybridized carbons (Fsp3) is 0.600. The fourth-order valence-corrected chi connectivity index (χ4v) is 3.33. The van der Waals surface area contributed by atoms with Gasteiger partial charge in [0.15, 0.2) is 0 Å². The molecule has 0 radical (unpaired) electrons. The molecule has 2 aliphatic rings. The molecule has 0 amide bonds. The van der Waals surface area contributed by atoms with Crippen molar-refractivity contribution in [2.45, 2.75) is 26.7 Å². The van der Waals surface area contributed by atoms with Crippen molar-refractivity contribution in [3.63, 3.8) is 0 Å². The molecule has 1 aromatic rings. The third-order valence-corrected chi connectivity index (χ3v) is 4.23. The maximum absolute atomic E-state index is 3.44. The second-order valence-electron chi connectivity index (χ2n) is 5.97. The number of benzene rings is 1. The first-order valence-electron chi connectivity index (χ1n) is 6.71. The summed E-state index contributed by atoms with van der Waals surface area (Å²) in [5.41, 5.74) is 4.77. The second kappa shape index (κ2) is 4.02. The molecule has 0 saturated carbocycles. The summed E-state index contributed by atoms with van der Waals surface area (Å²) in [5.74, 6) is 0. The summed E-state index contributed by atoms with van der Waals surface area (Å²) in [7, 11) is 0. The maximum Gasteiger partial charge on any atom is 0.0371 e. The Balaban J connectivity index is 1.83. The summed E-state index contributed by atoms with van der Waals surface area (Å²) in [4.78, 5) is 2.59. The van der Waals surface area contributed by atoms with E-state index >= 15 is 0 Å². The predicted octanol–water partition coefficient (Wildman–Crippen LogP) is 2.49. The molecule has 2 saturated heterocycles. The van der Waals surface area contributed by atoms with Crippen LogP contribution < -0.4 is 10.2 Å². The van der Waals surface area contributed by atoms with E-state index in [1.807, 2.05) is 0 Å². The van der Waals surface area contributed by atoms with Gasteiger partial charge in [-0.3, -0.25) is 0 Å². The average molecular weight is 230 g/mol. The third-order valence-electron chi connectivity index (χ3n) is 4.23. The van der Waals surface area contributed by atoms with Crippen LogP contribution in [0.15, 0.2) is 18.2 Å². The molecule has 1 N–H and O–H groups in total. The minimum Gasteiger partial charge on any atom is -0.371 e. The van der Waals surface area contributed by atoms with Crippen LogP contribution in [0.25, 0.3) is 0 Å². The van der Waals surface area contributed by atoms with Gasteiger partial charge in [-0.15, -0.1) is 0 Å². The largest absolute Gasteiger partial charge is 0.371 e. The Hall–Kier alpha value is -1.02. The van der Waals surface area contributed by atoms with Gasteiger partial charge in [-0.1, -0.05) is 6.07 Å². The lowest BCUT2D eigenvalue weighted by Crippen LogP contribution is -2.61. The minimum absolute atomic E-state index is 0.579. The zero-order chi connectivity index (χ0) is 11.9. The monoisotopic (exact) mass is 230 g/mol. The van der Waals surface area contributed by atoms with Crippen LogP contribution >= 0.6 is 0 Å². The number of piperidine rings is 1. The van der Waals surface area contributed by atoms with Crippen LogP contribution in [0.3, 0.4) is 0 Å². The first-order valence-corrected chi connectivity index (χ1v) is 6.71. The zero-order valence-electron chi connectivity index (χ0n) is 10.9. The molecule has 2 heteroatoms. The normalized spacial score (nSPS) is 22.6. The van der Waals surface area contributed by atoms with E-state index in [9.17, 15) is 0 Å². The molecule has 0 unspecified atom stereocenters. The topological polar surface area (TPSA) is 15.3 Å². The first kappa shape index (κ1) is 11.1. The van der Waals surface area contributed by atoms with Gasteiger partial charge in [-0.25, -0.2) is 0 Å². The Bertz CT molecular complexity index is 401. The van der Waals surface area contributed by atoms with Crippen molar-refractivity contribution < 1.29 is 0 Å². The lowest BCUT2D eigenvalue weighted by Gasteiger charge is -2.50. The molecule has 0 aromatic heterocycles. The summed E-state index contributed by atoms with van der Waals surface area (Å²) < 4.78 is 0. The smallest absolute Gasteiger partial charge is 0.0371 e.